The summed E-state index contributed by atoms with van der Waals surface area (Å²) in [6, 6.07) is 4.14. The summed E-state index contributed by atoms with van der Waals surface area (Å²) in [5.74, 6) is 0.606. The first kappa shape index (κ1) is 13.4. The lowest BCUT2D eigenvalue weighted by Crippen LogP contribution is -2.36. The molecule has 112 valence electrons. The molecule has 2 heterocycles. The second kappa shape index (κ2) is 4.88. The van der Waals surface area contributed by atoms with E-state index in [2.05, 4.69) is 27.0 Å². The maximum atomic E-state index is 12.6. The molecule has 0 radical (unpaired) electrons. The molecule has 1 aromatic carbocycles. The van der Waals surface area contributed by atoms with Gasteiger partial charge in [-0.3, -0.25) is 4.79 Å². The molecule has 0 N–H and O–H groups in total. The molecule has 1 aliphatic heterocycles. The zero-order valence-electron chi connectivity index (χ0n) is 12.7. The monoisotopic (exact) mass is 295 g/mol. The third-order valence-electron chi connectivity index (χ3n) is 4.29. The lowest BCUT2D eigenvalue weighted by molar-refractivity contribution is 0.0637. The molecule has 0 unspecified atom stereocenters. The van der Waals surface area contributed by atoms with Crippen molar-refractivity contribution in [3.8, 4) is 0 Å². The van der Waals surface area contributed by atoms with E-state index in [0.29, 0.717) is 24.7 Å². The van der Waals surface area contributed by atoms with Gasteiger partial charge in [-0.2, -0.15) is 0 Å². The second-order valence-electron chi connectivity index (χ2n) is 5.77. The van der Waals surface area contributed by atoms with Gasteiger partial charge in [0.2, 0.25) is 5.78 Å². The highest BCUT2D eigenvalue weighted by Crippen LogP contribution is 2.35. The predicted molar refractivity (Wildman–Crippen MR) is 83.7 cm³/mol. The SMILES string of the molecule is Cc1nc2c3c(ccc(C)c3n1)C(N1CCOCC1)=CC2=O. The Labute approximate surface area is 128 Å². The smallest absolute Gasteiger partial charge is 0.207 e. The number of carbonyl (C=O) groups excluding carboxylic acids is 1. The van der Waals surface area contributed by atoms with E-state index in [0.717, 1.165) is 40.8 Å². The lowest BCUT2D eigenvalue weighted by Gasteiger charge is -2.33. The molecule has 2 aromatic rings. The number of aryl methyl sites for hydroxylation is 2. The first-order chi connectivity index (χ1) is 10.6. The number of rotatable bonds is 1. The summed E-state index contributed by atoms with van der Waals surface area (Å²) in [4.78, 5) is 23.7. The molecule has 1 fully saturated rings. The molecule has 0 bridgehead atoms. The van der Waals surface area contributed by atoms with Crippen LogP contribution in [0.1, 0.15) is 27.4 Å². The molecule has 5 nitrogen and oxygen atoms in total. The summed E-state index contributed by atoms with van der Waals surface area (Å²) in [6.45, 7) is 6.84. The number of ether oxygens (including phenoxy) is 1. The molecule has 22 heavy (non-hydrogen) atoms. The van der Waals surface area contributed by atoms with Crippen LogP contribution in [0.15, 0.2) is 18.2 Å². The van der Waals surface area contributed by atoms with Crippen LogP contribution >= 0.6 is 0 Å². The van der Waals surface area contributed by atoms with Crippen LogP contribution < -0.4 is 0 Å². The molecule has 0 saturated carbocycles. The fourth-order valence-corrected chi connectivity index (χ4v) is 3.21. The van der Waals surface area contributed by atoms with Crippen molar-refractivity contribution in [1.82, 2.24) is 14.9 Å². The van der Waals surface area contributed by atoms with E-state index in [1.807, 2.05) is 13.8 Å². The van der Waals surface area contributed by atoms with Gasteiger partial charge in [0.25, 0.3) is 0 Å². The van der Waals surface area contributed by atoms with E-state index in [-0.39, 0.29) is 5.78 Å². The van der Waals surface area contributed by atoms with E-state index < -0.39 is 0 Å². The Morgan fingerprint density at radius 2 is 1.91 bits per heavy atom. The highest BCUT2D eigenvalue weighted by Gasteiger charge is 2.27. The summed E-state index contributed by atoms with van der Waals surface area (Å²) in [5, 5.41) is 0.889. The van der Waals surface area contributed by atoms with Crippen LogP contribution in [0, 0.1) is 13.8 Å². The zero-order chi connectivity index (χ0) is 15.3. The molecule has 4 rings (SSSR count). The van der Waals surface area contributed by atoms with E-state index >= 15 is 0 Å². The van der Waals surface area contributed by atoms with Crippen LogP contribution in [0.25, 0.3) is 16.6 Å². The average molecular weight is 295 g/mol. The minimum absolute atomic E-state index is 0.0323. The molecule has 5 heteroatoms. The fourth-order valence-electron chi connectivity index (χ4n) is 3.21. The number of benzene rings is 1. The second-order valence-corrected chi connectivity index (χ2v) is 5.77. The van der Waals surface area contributed by atoms with E-state index in [1.54, 1.807) is 6.08 Å². The molecule has 1 aromatic heterocycles. The van der Waals surface area contributed by atoms with Gasteiger partial charge in [0.05, 0.1) is 18.7 Å². The standard InChI is InChI=1S/C17H17N3O2/c1-10-3-4-12-13(20-5-7-22-8-6-20)9-14(21)17-15(12)16(10)18-11(2)19-17/h3-4,9H,5-8H2,1-2H3. The number of allylic oxidation sites excluding steroid dienone is 1. The number of hydrogen-bond donors (Lipinski definition) is 0. The van der Waals surface area contributed by atoms with Crippen molar-refractivity contribution in [3.63, 3.8) is 0 Å². The van der Waals surface area contributed by atoms with Crippen LogP contribution in [0.3, 0.4) is 0 Å². The van der Waals surface area contributed by atoms with Gasteiger partial charge in [-0.1, -0.05) is 12.1 Å². The van der Waals surface area contributed by atoms with E-state index in [9.17, 15) is 4.79 Å². The van der Waals surface area contributed by atoms with E-state index in [1.165, 1.54) is 0 Å². The molecule has 1 aliphatic carbocycles. The van der Waals surface area contributed by atoms with Gasteiger partial charge in [-0.25, -0.2) is 9.97 Å². The fraction of sp³-hybridized carbons (Fsp3) is 0.353. The first-order valence-corrected chi connectivity index (χ1v) is 7.52. The predicted octanol–water partition coefficient (Wildman–Crippen LogP) is 2.12. The number of ketones is 1. The van der Waals surface area contributed by atoms with Gasteiger partial charge in [0.1, 0.15) is 11.5 Å². The summed E-state index contributed by atoms with van der Waals surface area (Å²) >= 11 is 0. The van der Waals surface area contributed by atoms with Gasteiger partial charge in [0.15, 0.2) is 0 Å². The minimum Gasteiger partial charge on any atom is -0.378 e. The lowest BCUT2D eigenvalue weighted by atomic mass is 9.93. The van der Waals surface area contributed by atoms with Gasteiger partial charge in [-0.05, 0) is 19.4 Å². The maximum absolute atomic E-state index is 12.6. The summed E-state index contributed by atoms with van der Waals surface area (Å²) < 4.78 is 5.42. The van der Waals surface area contributed by atoms with Crippen molar-refractivity contribution >= 4 is 22.4 Å². The van der Waals surface area contributed by atoms with Crippen molar-refractivity contribution in [3.05, 3.63) is 40.9 Å². The third-order valence-corrected chi connectivity index (χ3v) is 4.29. The summed E-state index contributed by atoms with van der Waals surface area (Å²) in [7, 11) is 0. The summed E-state index contributed by atoms with van der Waals surface area (Å²) in [5.41, 5.74) is 4.50. The molecule has 0 atom stereocenters. The topological polar surface area (TPSA) is 55.3 Å². The van der Waals surface area contributed by atoms with Gasteiger partial charge < -0.3 is 9.64 Å². The van der Waals surface area contributed by atoms with Crippen LogP contribution in [0.4, 0.5) is 0 Å². The Morgan fingerprint density at radius 1 is 1.14 bits per heavy atom. The number of nitrogens with zero attached hydrogens (tertiary/aromatic N) is 3. The van der Waals surface area contributed by atoms with Gasteiger partial charge in [0, 0.05) is 35.8 Å². The van der Waals surface area contributed by atoms with Crippen LogP contribution in [-0.4, -0.2) is 47.0 Å². The molecule has 0 spiro atoms. The van der Waals surface area contributed by atoms with Crippen molar-refractivity contribution < 1.29 is 9.53 Å². The summed E-state index contributed by atoms with van der Waals surface area (Å²) in [6.07, 6.45) is 1.71. The zero-order valence-corrected chi connectivity index (χ0v) is 12.7. The van der Waals surface area contributed by atoms with Gasteiger partial charge in [-0.15, -0.1) is 0 Å². The maximum Gasteiger partial charge on any atom is 0.207 e. The van der Waals surface area contributed by atoms with Crippen LogP contribution in [0.2, 0.25) is 0 Å². The minimum atomic E-state index is -0.0323. The molecule has 2 aliphatic rings. The molecule has 1 saturated heterocycles. The highest BCUT2D eigenvalue weighted by atomic mass is 16.5. The van der Waals surface area contributed by atoms with E-state index in [4.69, 9.17) is 4.74 Å². The van der Waals surface area contributed by atoms with Crippen LogP contribution in [-0.2, 0) is 4.74 Å². The number of carbonyl (C=O) groups is 1. The first-order valence-electron chi connectivity index (χ1n) is 7.52. The Balaban J connectivity index is 1.97. The number of aromatic nitrogens is 2. The Hall–Kier alpha value is -2.27. The normalized spacial score (nSPS) is 17.8. The van der Waals surface area contributed by atoms with Crippen molar-refractivity contribution in [2.45, 2.75) is 13.8 Å². The average Bonchev–Trinajstić information content (AvgIpc) is 2.53. The molecule has 0 amide bonds. The Kier molecular flexibility index (Phi) is 2.97. The number of morpholine rings is 1. The highest BCUT2D eigenvalue weighted by molar-refractivity contribution is 6.20. The van der Waals surface area contributed by atoms with Gasteiger partial charge >= 0.3 is 0 Å². The largest absolute Gasteiger partial charge is 0.378 e. The van der Waals surface area contributed by atoms with Crippen LogP contribution in [0.5, 0.6) is 0 Å². The van der Waals surface area contributed by atoms with Crippen molar-refractivity contribution in [2.24, 2.45) is 0 Å². The molecular formula is C17H17N3O2. The third kappa shape index (κ3) is 1.93. The van der Waals surface area contributed by atoms with Crippen molar-refractivity contribution in [2.75, 3.05) is 26.3 Å². The Bertz CT molecular complexity index is 820. The quantitative estimate of drug-likeness (QED) is 0.806. The van der Waals surface area contributed by atoms with Crippen molar-refractivity contribution in [1.29, 1.82) is 0 Å². The number of hydrogen-bond acceptors (Lipinski definition) is 5. The Morgan fingerprint density at radius 3 is 2.68 bits per heavy atom. The molecular weight excluding hydrogens is 278 g/mol.